The van der Waals surface area contributed by atoms with E-state index in [1.54, 1.807) is 0 Å². The predicted octanol–water partition coefficient (Wildman–Crippen LogP) is 5.00. The Hall–Kier alpha value is -1.60. The Labute approximate surface area is 127 Å². The molecule has 0 N–H and O–H groups in total. The Bertz CT molecular complexity index is 578. The van der Waals surface area contributed by atoms with Gasteiger partial charge in [0, 0.05) is 19.1 Å². The molecule has 1 nitrogen and oxygen atoms in total. The molecule has 0 unspecified atom stereocenters. The number of fused-ring (bicyclic) bond motifs is 3. The summed E-state index contributed by atoms with van der Waals surface area (Å²) in [5.41, 5.74) is 5.86. The molecule has 0 radical (unpaired) electrons. The topological polar surface area (TPSA) is 3.24 Å². The minimum absolute atomic E-state index is 0.776. The van der Waals surface area contributed by atoms with Gasteiger partial charge in [-0.05, 0) is 35.1 Å². The zero-order chi connectivity index (χ0) is 14.1. The normalized spacial score (nSPS) is 19.6. The molecule has 2 aromatic carbocycles. The molecule has 0 amide bonds. The molecule has 0 saturated heterocycles. The molecule has 2 aromatic rings. The van der Waals surface area contributed by atoms with Gasteiger partial charge < -0.3 is 0 Å². The van der Waals surface area contributed by atoms with Crippen LogP contribution in [0.5, 0.6) is 0 Å². The summed E-state index contributed by atoms with van der Waals surface area (Å²) >= 11 is 0. The zero-order valence-corrected chi connectivity index (χ0v) is 12.6. The maximum absolute atomic E-state index is 2.73. The molecule has 1 saturated carbocycles. The number of nitrogens with zero attached hydrogens (tertiary/aromatic N) is 1. The molecule has 1 heterocycles. The molecule has 0 bridgehead atoms. The molecule has 0 aromatic heterocycles. The fourth-order valence-corrected chi connectivity index (χ4v) is 4.04. The van der Waals surface area contributed by atoms with Gasteiger partial charge in [-0.15, -0.1) is 0 Å². The van der Waals surface area contributed by atoms with Crippen molar-refractivity contribution in [1.82, 2.24) is 4.90 Å². The van der Waals surface area contributed by atoms with Crippen molar-refractivity contribution in [1.29, 1.82) is 0 Å². The van der Waals surface area contributed by atoms with Gasteiger partial charge in [-0.25, -0.2) is 0 Å². The lowest BCUT2D eigenvalue weighted by Crippen LogP contribution is -2.35. The van der Waals surface area contributed by atoms with Crippen molar-refractivity contribution in [2.24, 2.45) is 0 Å². The van der Waals surface area contributed by atoms with Crippen LogP contribution in [0.25, 0.3) is 11.1 Å². The van der Waals surface area contributed by atoms with Crippen LogP contribution in [0.3, 0.4) is 0 Å². The van der Waals surface area contributed by atoms with Crippen molar-refractivity contribution in [2.75, 3.05) is 0 Å². The Morgan fingerprint density at radius 2 is 1.19 bits per heavy atom. The monoisotopic (exact) mass is 277 g/mol. The third kappa shape index (κ3) is 2.51. The van der Waals surface area contributed by atoms with Crippen molar-refractivity contribution in [2.45, 2.75) is 51.2 Å². The van der Waals surface area contributed by atoms with Crippen molar-refractivity contribution in [3.05, 3.63) is 59.7 Å². The molecule has 0 atom stereocenters. The Morgan fingerprint density at radius 3 is 1.76 bits per heavy atom. The van der Waals surface area contributed by atoms with Gasteiger partial charge in [0.2, 0.25) is 0 Å². The number of rotatable bonds is 1. The van der Waals surface area contributed by atoms with Gasteiger partial charge >= 0.3 is 0 Å². The van der Waals surface area contributed by atoms with E-state index in [9.17, 15) is 0 Å². The van der Waals surface area contributed by atoms with Crippen LogP contribution >= 0.6 is 0 Å². The van der Waals surface area contributed by atoms with Gasteiger partial charge in [0.05, 0.1) is 0 Å². The van der Waals surface area contributed by atoms with E-state index in [1.165, 1.54) is 54.4 Å². The zero-order valence-electron chi connectivity index (χ0n) is 12.6. The molecule has 1 fully saturated rings. The van der Waals surface area contributed by atoms with Crippen LogP contribution in [0.4, 0.5) is 0 Å². The van der Waals surface area contributed by atoms with E-state index in [0.717, 1.165) is 19.1 Å². The quantitative estimate of drug-likeness (QED) is 0.709. The lowest BCUT2D eigenvalue weighted by atomic mass is 9.93. The fourth-order valence-electron chi connectivity index (χ4n) is 4.04. The first kappa shape index (κ1) is 13.1. The average molecular weight is 277 g/mol. The number of hydrogen-bond donors (Lipinski definition) is 0. The summed E-state index contributed by atoms with van der Waals surface area (Å²) in [5, 5.41) is 0. The third-order valence-corrected chi connectivity index (χ3v) is 5.16. The highest BCUT2D eigenvalue weighted by Crippen LogP contribution is 2.35. The molecule has 1 aliphatic heterocycles. The van der Waals surface area contributed by atoms with E-state index in [1.807, 2.05) is 0 Å². The van der Waals surface area contributed by atoms with Crippen molar-refractivity contribution in [3.8, 4) is 11.1 Å². The highest BCUT2D eigenvalue weighted by Gasteiger charge is 2.25. The van der Waals surface area contributed by atoms with Gasteiger partial charge in [-0.2, -0.15) is 0 Å². The molecule has 4 rings (SSSR count). The van der Waals surface area contributed by atoms with Gasteiger partial charge in [0.15, 0.2) is 0 Å². The highest BCUT2D eigenvalue weighted by atomic mass is 15.2. The summed E-state index contributed by atoms with van der Waals surface area (Å²) in [7, 11) is 0. The summed E-state index contributed by atoms with van der Waals surface area (Å²) in [6, 6.07) is 18.7. The van der Waals surface area contributed by atoms with Crippen LogP contribution in [-0.4, -0.2) is 10.9 Å². The van der Waals surface area contributed by atoms with E-state index >= 15 is 0 Å². The van der Waals surface area contributed by atoms with Gasteiger partial charge in [0.25, 0.3) is 0 Å². The minimum atomic E-state index is 0.776. The van der Waals surface area contributed by atoms with Crippen LogP contribution in [0.2, 0.25) is 0 Å². The molecule has 21 heavy (non-hydrogen) atoms. The second-order valence-electron chi connectivity index (χ2n) is 6.51. The Morgan fingerprint density at radius 1 is 0.667 bits per heavy atom. The molecular weight excluding hydrogens is 254 g/mol. The first-order chi connectivity index (χ1) is 10.4. The van der Waals surface area contributed by atoms with Crippen LogP contribution in [0.15, 0.2) is 48.5 Å². The summed E-state index contributed by atoms with van der Waals surface area (Å²) in [5.74, 6) is 0. The standard InChI is InChI=1S/C20H23N/c1-2-10-18(11-3-1)21-14-16-8-4-6-12-19(16)20-13-7-5-9-17(20)15-21/h4-9,12-13,18H,1-3,10-11,14-15H2. The van der Waals surface area contributed by atoms with Gasteiger partial charge in [-0.3, -0.25) is 4.90 Å². The van der Waals surface area contributed by atoms with Crippen molar-refractivity contribution in [3.63, 3.8) is 0 Å². The second-order valence-corrected chi connectivity index (χ2v) is 6.51. The van der Waals surface area contributed by atoms with Crippen molar-refractivity contribution >= 4 is 0 Å². The predicted molar refractivity (Wildman–Crippen MR) is 88.0 cm³/mol. The number of benzene rings is 2. The smallest absolute Gasteiger partial charge is 0.0246 e. The SMILES string of the molecule is c1ccc2c(c1)CN(C1CCCCC1)Cc1ccccc1-2. The summed E-state index contributed by atoms with van der Waals surface area (Å²) in [4.78, 5) is 2.73. The van der Waals surface area contributed by atoms with Crippen LogP contribution in [-0.2, 0) is 13.1 Å². The molecule has 1 aliphatic carbocycles. The van der Waals surface area contributed by atoms with Crippen molar-refractivity contribution < 1.29 is 0 Å². The number of hydrogen-bond acceptors (Lipinski definition) is 1. The summed E-state index contributed by atoms with van der Waals surface area (Å²) in [6.07, 6.45) is 7.00. The first-order valence-electron chi connectivity index (χ1n) is 8.32. The van der Waals surface area contributed by atoms with Gasteiger partial charge in [0.1, 0.15) is 0 Å². The Kier molecular flexibility index (Phi) is 3.52. The lowest BCUT2D eigenvalue weighted by Gasteiger charge is -2.33. The lowest BCUT2D eigenvalue weighted by molar-refractivity contribution is 0.141. The van der Waals surface area contributed by atoms with Crippen LogP contribution in [0, 0.1) is 0 Å². The minimum Gasteiger partial charge on any atom is -0.292 e. The maximum Gasteiger partial charge on any atom is 0.0246 e. The fraction of sp³-hybridized carbons (Fsp3) is 0.400. The van der Waals surface area contributed by atoms with Crippen LogP contribution in [0.1, 0.15) is 43.2 Å². The Balaban J connectivity index is 1.76. The van der Waals surface area contributed by atoms with E-state index in [4.69, 9.17) is 0 Å². The van der Waals surface area contributed by atoms with E-state index in [-0.39, 0.29) is 0 Å². The third-order valence-electron chi connectivity index (χ3n) is 5.16. The summed E-state index contributed by atoms with van der Waals surface area (Å²) < 4.78 is 0. The van der Waals surface area contributed by atoms with E-state index < -0.39 is 0 Å². The maximum atomic E-state index is 2.73. The highest BCUT2D eigenvalue weighted by molar-refractivity contribution is 5.71. The largest absolute Gasteiger partial charge is 0.292 e. The van der Waals surface area contributed by atoms with E-state index in [0.29, 0.717) is 0 Å². The molecule has 0 spiro atoms. The first-order valence-corrected chi connectivity index (χ1v) is 8.32. The summed E-state index contributed by atoms with van der Waals surface area (Å²) in [6.45, 7) is 2.21. The molecule has 108 valence electrons. The molecular formula is C20H23N. The molecule has 2 aliphatic rings. The second kappa shape index (κ2) is 5.65. The average Bonchev–Trinajstić information content (AvgIpc) is 2.72. The molecule has 1 heteroatoms. The van der Waals surface area contributed by atoms with Crippen LogP contribution < -0.4 is 0 Å². The van der Waals surface area contributed by atoms with E-state index in [2.05, 4.69) is 53.4 Å². The van der Waals surface area contributed by atoms with Gasteiger partial charge in [-0.1, -0.05) is 67.8 Å².